The van der Waals surface area contributed by atoms with Gasteiger partial charge in [-0.25, -0.2) is 0 Å². The lowest BCUT2D eigenvalue weighted by Gasteiger charge is -2.01. The molecule has 0 saturated heterocycles. The Labute approximate surface area is 87.7 Å². The maximum absolute atomic E-state index is 8.65. The third kappa shape index (κ3) is 1.74. The number of nitriles is 1. The van der Waals surface area contributed by atoms with Crippen molar-refractivity contribution >= 4 is 38.5 Å². The smallest absolute Gasteiger partial charge is 0.100 e. The summed E-state index contributed by atoms with van der Waals surface area (Å²) in [4.78, 5) is 0. The van der Waals surface area contributed by atoms with Crippen molar-refractivity contribution in [2.24, 2.45) is 0 Å². The van der Waals surface area contributed by atoms with Crippen LogP contribution in [0.4, 0.5) is 0 Å². The molecule has 0 atom stereocenters. The van der Waals surface area contributed by atoms with Gasteiger partial charge in [0.15, 0.2) is 0 Å². The van der Waals surface area contributed by atoms with Gasteiger partial charge in [-0.1, -0.05) is 6.07 Å². The Kier molecular flexibility index (Phi) is 2.90. The molecule has 1 aromatic rings. The van der Waals surface area contributed by atoms with Crippen molar-refractivity contribution in [1.82, 2.24) is 0 Å². The predicted molar refractivity (Wildman–Crippen MR) is 56.3 cm³/mol. The van der Waals surface area contributed by atoms with Crippen LogP contribution >= 0.6 is 38.5 Å². The summed E-state index contributed by atoms with van der Waals surface area (Å²) in [7, 11) is 0. The van der Waals surface area contributed by atoms with Gasteiger partial charge in [-0.3, -0.25) is 0 Å². The molecule has 0 aliphatic rings. The fourth-order valence-corrected chi connectivity index (χ4v) is 1.74. The Bertz CT molecular complexity index is 328. The fraction of sp³-hybridized carbons (Fsp3) is 0.125. The molecule has 1 aromatic carbocycles. The Hall–Kier alpha value is -0.0800. The first kappa shape index (κ1) is 9.01. The normalized spacial score (nSPS) is 9.27. The molecule has 0 unspecified atom stereocenters. The zero-order chi connectivity index (χ0) is 8.43. The lowest BCUT2D eigenvalue weighted by molar-refractivity contribution is 1.37. The van der Waals surface area contributed by atoms with Crippen molar-refractivity contribution in [3.63, 3.8) is 0 Å². The highest BCUT2D eigenvalue weighted by Crippen LogP contribution is 2.25. The molecule has 0 heterocycles. The molecule has 1 rings (SSSR count). The summed E-state index contributed by atoms with van der Waals surface area (Å²) < 4.78 is 2.02. The summed E-state index contributed by atoms with van der Waals surface area (Å²) >= 11 is 5.58. The van der Waals surface area contributed by atoms with Crippen molar-refractivity contribution < 1.29 is 0 Å². The summed E-state index contributed by atoms with van der Waals surface area (Å²) in [6.07, 6.45) is 0. The minimum atomic E-state index is 0.694. The van der Waals surface area contributed by atoms with E-state index in [0.717, 1.165) is 8.04 Å². The second kappa shape index (κ2) is 3.55. The molecule has 0 fully saturated rings. The number of halogens is 2. The van der Waals surface area contributed by atoms with Crippen LogP contribution in [-0.2, 0) is 0 Å². The Morgan fingerprint density at radius 2 is 2.18 bits per heavy atom. The molecule has 0 bridgehead atoms. The number of hydrogen-bond acceptors (Lipinski definition) is 1. The summed E-state index contributed by atoms with van der Waals surface area (Å²) in [6, 6.07) is 5.88. The number of benzene rings is 1. The van der Waals surface area contributed by atoms with Crippen molar-refractivity contribution in [2.45, 2.75) is 6.92 Å². The second-order valence-electron chi connectivity index (χ2n) is 2.17. The van der Waals surface area contributed by atoms with E-state index in [-0.39, 0.29) is 0 Å². The second-order valence-corrected chi connectivity index (χ2v) is 4.04. The van der Waals surface area contributed by atoms with Gasteiger partial charge in [0.05, 0.1) is 5.56 Å². The van der Waals surface area contributed by atoms with E-state index in [0.29, 0.717) is 5.56 Å². The summed E-state index contributed by atoms with van der Waals surface area (Å²) in [5.74, 6) is 0. The van der Waals surface area contributed by atoms with Crippen LogP contribution in [0.1, 0.15) is 11.1 Å². The molecular formula is C8H5BrIN. The van der Waals surface area contributed by atoms with Crippen molar-refractivity contribution in [1.29, 1.82) is 5.26 Å². The van der Waals surface area contributed by atoms with Crippen LogP contribution in [0.3, 0.4) is 0 Å². The zero-order valence-electron chi connectivity index (χ0n) is 5.86. The van der Waals surface area contributed by atoms with E-state index in [9.17, 15) is 0 Å². The molecule has 56 valence electrons. The van der Waals surface area contributed by atoms with Gasteiger partial charge in [-0.2, -0.15) is 5.26 Å². The monoisotopic (exact) mass is 321 g/mol. The maximum Gasteiger partial charge on any atom is 0.100 e. The first-order valence-electron chi connectivity index (χ1n) is 3.01. The van der Waals surface area contributed by atoms with E-state index in [4.69, 9.17) is 5.26 Å². The van der Waals surface area contributed by atoms with E-state index in [1.807, 2.05) is 19.1 Å². The highest BCUT2D eigenvalue weighted by atomic mass is 127. The van der Waals surface area contributed by atoms with Crippen LogP contribution in [0, 0.1) is 21.8 Å². The van der Waals surface area contributed by atoms with Crippen LogP contribution < -0.4 is 0 Å². The van der Waals surface area contributed by atoms with Gasteiger partial charge in [0.1, 0.15) is 6.07 Å². The highest BCUT2D eigenvalue weighted by Gasteiger charge is 2.04. The predicted octanol–water partition coefficient (Wildman–Crippen LogP) is 3.23. The van der Waals surface area contributed by atoms with Crippen molar-refractivity contribution in [3.8, 4) is 6.07 Å². The first-order chi connectivity index (χ1) is 5.16. The van der Waals surface area contributed by atoms with E-state index < -0.39 is 0 Å². The maximum atomic E-state index is 8.65. The van der Waals surface area contributed by atoms with Gasteiger partial charge in [0, 0.05) is 8.04 Å². The van der Waals surface area contributed by atoms with Crippen LogP contribution in [0.2, 0.25) is 0 Å². The Morgan fingerprint density at radius 3 is 2.73 bits per heavy atom. The molecule has 0 aromatic heterocycles. The molecule has 3 heteroatoms. The molecule has 0 saturated carbocycles. The van der Waals surface area contributed by atoms with E-state index >= 15 is 0 Å². The highest BCUT2D eigenvalue weighted by molar-refractivity contribution is 14.1. The molecule has 0 aliphatic heterocycles. The standard InChI is InChI=1S/C8H5BrIN/c1-5-2-3-6(4-11)7(9)8(5)10/h2-3H,1H3. The third-order valence-corrected chi connectivity index (χ3v) is 4.35. The van der Waals surface area contributed by atoms with Crippen LogP contribution in [-0.4, -0.2) is 0 Å². The van der Waals surface area contributed by atoms with Gasteiger partial charge < -0.3 is 0 Å². The lowest BCUT2D eigenvalue weighted by Crippen LogP contribution is -1.85. The molecule has 0 aliphatic carbocycles. The zero-order valence-corrected chi connectivity index (χ0v) is 9.60. The number of hydrogen-bond donors (Lipinski definition) is 0. The quantitative estimate of drug-likeness (QED) is 0.673. The molecular weight excluding hydrogens is 317 g/mol. The van der Waals surface area contributed by atoms with E-state index in [1.54, 1.807) is 0 Å². The number of aryl methyl sites for hydroxylation is 1. The Balaban J connectivity index is 3.40. The average Bonchev–Trinajstić information content (AvgIpc) is 2.01. The molecule has 0 radical (unpaired) electrons. The molecule has 0 amide bonds. The van der Waals surface area contributed by atoms with Gasteiger partial charge in [0.2, 0.25) is 0 Å². The van der Waals surface area contributed by atoms with Crippen molar-refractivity contribution in [2.75, 3.05) is 0 Å². The van der Waals surface area contributed by atoms with Crippen LogP contribution in [0.15, 0.2) is 16.6 Å². The third-order valence-electron chi connectivity index (χ3n) is 1.40. The summed E-state index contributed by atoms with van der Waals surface area (Å²) in [5.41, 5.74) is 1.89. The van der Waals surface area contributed by atoms with Crippen LogP contribution in [0.25, 0.3) is 0 Å². The number of rotatable bonds is 0. The van der Waals surface area contributed by atoms with Gasteiger partial charge >= 0.3 is 0 Å². The Morgan fingerprint density at radius 1 is 1.55 bits per heavy atom. The van der Waals surface area contributed by atoms with Crippen molar-refractivity contribution in [3.05, 3.63) is 31.3 Å². The number of nitrogens with zero attached hydrogens (tertiary/aromatic N) is 1. The SMILES string of the molecule is Cc1ccc(C#N)c(Br)c1I. The topological polar surface area (TPSA) is 23.8 Å². The average molecular weight is 322 g/mol. The van der Waals surface area contributed by atoms with Gasteiger partial charge in [-0.15, -0.1) is 0 Å². The minimum absolute atomic E-state index is 0.694. The first-order valence-corrected chi connectivity index (χ1v) is 4.88. The van der Waals surface area contributed by atoms with E-state index in [2.05, 4.69) is 44.6 Å². The fourth-order valence-electron chi connectivity index (χ4n) is 0.732. The molecule has 0 N–H and O–H groups in total. The van der Waals surface area contributed by atoms with Crippen LogP contribution in [0.5, 0.6) is 0 Å². The summed E-state index contributed by atoms with van der Waals surface area (Å²) in [5, 5.41) is 8.65. The minimum Gasteiger partial charge on any atom is -0.192 e. The van der Waals surface area contributed by atoms with E-state index in [1.165, 1.54) is 5.56 Å². The van der Waals surface area contributed by atoms with Gasteiger partial charge in [-0.05, 0) is 57.1 Å². The summed E-state index contributed by atoms with van der Waals surface area (Å²) in [6.45, 7) is 2.02. The van der Waals surface area contributed by atoms with Gasteiger partial charge in [0.25, 0.3) is 0 Å². The molecule has 1 nitrogen and oxygen atoms in total. The lowest BCUT2D eigenvalue weighted by atomic mass is 10.2. The molecule has 11 heavy (non-hydrogen) atoms. The molecule has 0 spiro atoms. The largest absolute Gasteiger partial charge is 0.192 e.